The van der Waals surface area contributed by atoms with Crippen molar-refractivity contribution < 1.29 is 28.4 Å². The fraction of sp³-hybridized carbons (Fsp3) is 0.786. The average molecular weight is 552 g/mol. The van der Waals surface area contributed by atoms with Crippen molar-refractivity contribution in [2.24, 2.45) is 18.1 Å². The van der Waals surface area contributed by atoms with E-state index < -0.39 is 0 Å². The van der Waals surface area contributed by atoms with Crippen LogP contribution in [-0.2, 0) is 26.2 Å². The Morgan fingerprint density at radius 3 is 1.47 bits per heavy atom. The minimum absolute atomic E-state index is 0. The van der Waals surface area contributed by atoms with Gasteiger partial charge in [0.05, 0.1) is 29.8 Å². The number of amides is 1. The summed E-state index contributed by atoms with van der Waals surface area (Å²) < 4.78 is 15.6. The molecule has 4 heterocycles. The lowest BCUT2D eigenvalue weighted by Gasteiger charge is -1.99. The highest BCUT2D eigenvalue weighted by atomic mass is 16.6. The maximum atomic E-state index is 10.6. The van der Waals surface area contributed by atoms with Crippen molar-refractivity contribution in [1.29, 1.82) is 0 Å². The fourth-order valence-corrected chi connectivity index (χ4v) is 2.94. The van der Waals surface area contributed by atoms with Crippen LogP contribution in [0.3, 0.4) is 0 Å². The third-order valence-electron chi connectivity index (χ3n) is 4.45. The SMILES string of the molecule is C.C.C.C.C.CC.CC1=NOC(C)C1.CC1CC(C)C(=O)O1.CC1CN(C)C(=O)O1.Cc1cn(C)oc1=O. The molecule has 3 aliphatic heterocycles. The number of ether oxygens (including phenoxy) is 2. The summed E-state index contributed by atoms with van der Waals surface area (Å²) in [6, 6.07) is 0. The lowest BCUT2D eigenvalue weighted by atomic mass is 10.1. The highest BCUT2D eigenvalue weighted by molar-refractivity contribution is 5.82. The molecule has 4 rings (SSSR count). The third kappa shape index (κ3) is 19.3. The Balaban J connectivity index is -0.0000000843. The van der Waals surface area contributed by atoms with Crippen molar-refractivity contribution in [1.82, 2.24) is 9.64 Å². The van der Waals surface area contributed by atoms with Crippen LogP contribution in [-0.4, -0.2) is 59.3 Å². The fourth-order valence-electron chi connectivity index (χ4n) is 2.94. The second-order valence-corrected chi connectivity index (χ2v) is 8.14. The molecule has 230 valence electrons. The van der Waals surface area contributed by atoms with Crippen LogP contribution in [0.1, 0.15) is 104 Å². The van der Waals surface area contributed by atoms with Gasteiger partial charge in [-0.25, -0.2) is 14.3 Å². The van der Waals surface area contributed by atoms with Gasteiger partial charge in [0.25, 0.3) is 0 Å². The normalized spacial score (nSPS) is 21.5. The first kappa shape index (κ1) is 48.3. The molecule has 4 unspecified atom stereocenters. The van der Waals surface area contributed by atoms with E-state index in [4.69, 9.17) is 14.3 Å². The summed E-state index contributed by atoms with van der Waals surface area (Å²) >= 11 is 0. The first-order valence-electron chi connectivity index (χ1n) is 11.3. The van der Waals surface area contributed by atoms with Crippen molar-refractivity contribution >= 4 is 17.8 Å². The predicted octanol–water partition coefficient (Wildman–Crippen LogP) is 7.08. The van der Waals surface area contributed by atoms with E-state index in [0.717, 1.165) is 25.1 Å². The zero-order valence-electron chi connectivity index (χ0n) is 21.7. The molecular weight excluding hydrogens is 490 g/mol. The van der Waals surface area contributed by atoms with Gasteiger partial charge in [-0.1, -0.05) is 63.1 Å². The number of carbonyl (C=O) groups excluding carboxylic acids is 2. The molecule has 0 bridgehead atoms. The average Bonchev–Trinajstić information content (AvgIpc) is 3.42. The Kier molecular flexibility index (Phi) is 31.2. The molecule has 1 aromatic rings. The zero-order chi connectivity index (χ0) is 25.7. The molecule has 0 saturated carbocycles. The number of nitrogens with zero attached hydrogens (tertiary/aromatic N) is 3. The maximum absolute atomic E-state index is 10.6. The second-order valence-electron chi connectivity index (χ2n) is 8.14. The topological polar surface area (TPSA) is 113 Å². The summed E-state index contributed by atoms with van der Waals surface area (Å²) in [5.74, 6) is 0.0856. The molecule has 0 N–H and O–H groups in total. The first-order chi connectivity index (χ1) is 15.4. The number of hydrogen-bond acceptors (Lipinski definition) is 8. The molecular formula is C28H61N3O7. The van der Waals surface area contributed by atoms with Gasteiger partial charge >= 0.3 is 17.7 Å². The van der Waals surface area contributed by atoms with Crippen LogP contribution in [0.5, 0.6) is 0 Å². The summed E-state index contributed by atoms with van der Waals surface area (Å²) in [4.78, 5) is 37.9. The standard InChI is InChI=1S/C6H10O2.C5H9NO2.C5H7NO2.C5H9NO.C2H6.5CH4/c1-4-3-5(2)8-6(4)7;1-4-3-6(2)5(7)8-4;1-4-3-6(2)8-5(4)7;1-4-3-5(2)7-6-4;1-2;;;;;/h4-5H,3H2,1-2H3;4H,3H2,1-2H3;3H,1-2H3;5H,3H2,1-2H3;1-2H3;5*1H4. The Bertz CT molecular complexity index is 790. The van der Waals surface area contributed by atoms with Crippen molar-refractivity contribution in [2.75, 3.05) is 13.6 Å². The maximum Gasteiger partial charge on any atom is 0.409 e. The van der Waals surface area contributed by atoms with Gasteiger partial charge in [-0.05, 0) is 41.0 Å². The smallest absolute Gasteiger partial charge is 0.409 e. The van der Waals surface area contributed by atoms with E-state index in [0.29, 0.717) is 11.7 Å². The van der Waals surface area contributed by atoms with Crippen molar-refractivity contribution in [3.8, 4) is 0 Å². The predicted molar refractivity (Wildman–Crippen MR) is 160 cm³/mol. The second kappa shape index (κ2) is 24.6. The summed E-state index contributed by atoms with van der Waals surface area (Å²) in [5.41, 5.74) is 1.49. The molecule has 1 amide bonds. The van der Waals surface area contributed by atoms with Gasteiger partial charge in [0, 0.05) is 26.7 Å². The minimum Gasteiger partial charge on any atom is -0.462 e. The molecule has 1 aromatic heterocycles. The molecule has 4 atom stereocenters. The van der Waals surface area contributed by atoms with Gasteiger partial charge in [-0.3, -0.25) is 4.79 Å². The Morgan fingerprint density at radius 1 is 0.842 bits per heavy atom. The van der Waals surface area contributed by atoms with E-state index in [9.17, 15) is 14.4 Å². The number of cyclic esters (lactones) is 2. The summed E-state index contributed by atoms with van der Waals surface area (Å²) in [6.07, 6.45) is 3.86. The molecule has 0 aliphatic carbocycles. The minimum atomic E-state index is -0.257. The number of esters is 1. The zero-order valence-corrected chi connectivity index (χ0v) is 21.7. The van der Waals surface area contributed by atoms with Gasteiger partial charge in [0.1, 0.15) is 12.2 Å². The van der Waals surface area contributed by atoms with E-state index >= 15 is 0 Å². The number of aryl methyl sites for hydroxylation is 2. The largest absolute Gasteiger partial charge is 0.462 e. The summed E-state index contributed by atoms with van der Waals surface area (Å²) in [7, 11) is 3.40. The lowest BCUT2D eigenvalue weighted by Crippen LogP contribution is -2.18. The highest BCUT2D eigenvalue weighted by Gasteiger charge is 2.27. The van der Waals surface area contributed by atoms with E-state index in [1.165, 1.54) is 4.74 Å². The van der Waals surface area contributed by atoms with E-state index in [-0.39, 0.29) is 72.9 Å². The first-order valence-corrected chi connectivity index (χ1v) is 11.3. The van der Waals surface area contributed by atoms with E-state index in [1.807, 2.05) is 48.5 Å². The monoisotopic (exact) mass is 551 g/mol. The summed E-state index contributed by atoms with van der Waals surface area (Å²) in [6.45, 7) is 16.1. The number of hydrogen-bond donors (Lipinski definition) is 0. The van der Waals surface area contributed by atoms with E-state index in [2.05, 4.69) is 9.68 Å². The van der Waals surface area contributed by atoms with Gasteiger partial charge in [-0.2, -0.15) is 0 Å². The van der Waals surface area contributed by atoms with Crippen molar-refractivity contribution in [3.63, 3.8) is 0 Å². The van der Waals surface area contributed by atoms with Crippen LogP contribution < -0.4 is 5.63 Å². The Hall–Kier alpha value is -2.78. The lowest BCUT2D eigenvalue weighted by molar-refractivity contribution is -0.143. The van der Waals surface area contributed by atoms with Crippen LogP contribution in [0, 0.1) is 12.8 Å². The Morgan fingerprint density at radius 2 is 1.37 bits per heavy atom. The van der Waals surface area contributed by atoms with Crippen LogP contribution >= 0.6 is 0 Å². The van der Waals surface area contributed by atoms with Gasteiger partial charge in [0.15, 0.2) is 0 Å². The van der Waals surface area contributed by atoms with Gasteiger partial charge < -0.3 is 23.7 Å². The summed E-state index contributed by atoms with van der Waals surface area (Å²) in [5, 5.41) is 3.73. The Labute approximate surface area is 233 Å². The third-order valence-corrected chi connectivity index (χ3v) is 4.45. The molecule has 10 nitrogen and oxygen atoms in total. The molecule has 0 radical (unpaired) electrons. The molecule has 10 heteroatoms. The number of aromatic nitrogens is 1. The van der Waals surface area contributed by atoms with Crippen molar-refractivity contribution in [2.45, 2.75) is 124 Å². The van der Waals surface area contributed by atoms with Crippen LogP contribution in [0.2, 0.25) is 0 Å². The number of rotatable bonds is 0. The molecule has 0 aromatic carbocycles. The van der Waals surface area contributed by atoms with Crippen LogP contribution in [0.25, 0.3) is 0 Å². The van der Waals surface area contributed by atoms with Crippen LogP contribution in [0.15, 0.2) is 20.7 Å². The molecule has 0 spiro atoms. The molecule has 38 heavy (non-hydrogen) atoms. The van der Waals surface area contributed by atoms with Gasteiger partial charge in [-0.15, -0.1) is 0 Å². The molecule has 3 aliphatic rings. The number of oxime groups is 1. The highest BCUT2D eigenvalue weighted by Crippen LogP contribution is 2.19. The van der Waals surface area contributed by atoms with Crippen molar-refractivity contribution in [3.05, 3.63) is 22.2 Å². The quantitative estimate of drug-likeness (QED) is 0.317. The van der Waals surface area contributed by atoms with Gasteiger partial charge in [0.2, 0.25) is 0 Å². The molecule has 2 saturated heterocycles. The number of likely N-dealkylation sites (N-methyl/N-ethyl adjacent to an activating group) is 1. The molecule has 2 fully saturated rings. The number of carbonyl (C=O) groups is 2. The van der Waals surface area contributed by atoms with Crippen LogP contribution in [0.4, 0.5) is 4.79 Å². The van der Waals surface area contributed by atoms with E-state index in [1.54, 1.807) is 32.1 Å².